The first-order valence-corrected chi connectivity index (χ1v) is 10.1. The van der Waals surface area contributed by atoms with Crippen LogP contribution in [0.1, 0.15) is 24.6 Å². The summed E-state index contributed by atoms with van der Waals surface area (Å²) in [7, 11) is -3.81. The van der Waals surface area contributed by atoms with Gasteiger partial charge in [0.1, 0.15) is 15.9 Å². The molecule has 0 radical (unpaired) electrons. The molecule has 7 nitrogen and oxygen atoms in total. The van der Waals surface area contributed by atoms with Gasteiger partial charge in [-0.15, -0.1) is 0 Å². The van der Waals surface area contributed by atoms with E-state index in [2.05, 4.69) is 18.5 Å². The Hall–Kier alpha value is -1.94. The first-order valence-electron chi connectivity index (χ1n) is 7.87. The second kappa shape index (κ2) is 6.41. The van der Waals surface area contributed by atoms with Gasteiger partial charge >= 0.3 is 0 Å². The number of rotatable bonds is 5. The lowest BCUT2D eigenvalue weighted by atomic mass is 9.76. The van der Waals surface area contributed by atoms with Crippen molar-refractivity contribution >= 4 is 32.8 Å². The van der Waals surface area contributed by atoms with Crippen LogP contribution in [0.4, 0.5) is 0 Å². The van der Waals surface area contributed by atoms with Gasteiger partial charge in [0.2, 0.25) is 10.0 Å². The number of aliphatic hydroxyl groups excluding tert-OH is 1. The summed E-state index contributed by atoms with van der Waals surface area (Å²) in [6, 6.07) is 9.82. The summed E-state index contributed by atoms with van der Waals surface area (Å²) in [6.45, 7) is 0. The van der Waals surface area contributed by atoms with Crippen LogP contribution in [0.5, 0.6) is 0 Å². The Kier molecular flexibility index (Phi) is 4.24. The van der Waals surface area contributed by atoms with Crippen LogP contribution in [-0.4, -0.2) is 33.4 Å². The van der Waals surface area contributed by atoms with Crippen molar-refractivity contribution < 1.29 is 13.5 Å². The Morgan fingerprint density at radius 2 is 2.00 bits per heavy atom. The van der Waals surface area contributed by atoms with Crippen molar-refractivity contribution in [2.24, 2.45) is 5.92 Å². The predicted octanol–water partition coefficient (Wildman–Crippen LogP) is 1.88. The average molecular weight is 376 g/mol. The molecule has 0 aliphatic heterocycles. The van der Waals surface area contributed by atoms with Gasteiger partial charge in [-0.3, -0.25) is 4.98 Å². The minimum Gasteiger partial charge on any atom is -0.393 e. The van der Waals surface area contributed by atoms with Crippen LogP contribution in [0.2, 0.25) is 0 Å². The summed E-state index contributed by atoms with van der Waals surface area (Å²) in [5.41, 5.74) is 1.57. The number of nitrogens with one attached hydrogen (secondary N) is 1. The van der Waals surface area contributed by atoms with Gasteiger partial charge in [0.15, 0.2) is 0 Å². The second-order valence-electron chi connectivity index (χ2n) is 6.13. The molecule has 1 aliphatic carbocycles. The number of nitrogens with zero attached hydrogens (tertiary/aromatic N) is 3. The van der Waals surface area contributed by atoms with Crippen molar-refractivity contribution in [3.8, 4) is 0 Å². The van der Waals surface area contributed by atoms with E-state index < -0.39 is 16.1 Å². The Morgan fingerprint density at radius 1 is 1.16 bits per heavy atom. The maximum absolute atomic E-state index is 13.0. The minimum absolute atomic E-state index is 0.00689. The fraction of sp³-hybridized carbons (Fsp3) is 0.312. The summed E-state index contributed by atoms with van der Waals surface area (Å²) >= 11 is 0.983. The summed E-state index contributed by atoms with van der Waals surface area (Å²) < 4.78 is 37.0. The number of benzene rings is 1. The average Bonchev–Trinajstić information content (AvgIpc) is 3.06. The molecule has 1 aromatic carbocycles. The topological polar surface area (TPSA) is 105 Å². The van der Waals surface area contributed by atoms with E-state index in [9.17, 15) is 13.5 Å². The van der Waals surface area contributed by atoms with Crippen LogP contribution in [0.3, 0.4) is 0 Å². The quantitative estimate of drug-likeness (QED) is 0.704. The third-order valence-corrected chi connectivity index (χ3v) is 6.46. The predicted molar refractivity (Wildman–Crippen MR) is 93.4 cm³/mol. The largest absolute Gasteiger partial charge is 0.393 e. The number of hydrogen-bond acceptors (Lipinski definition) is 7. The fourth-order valence-corrected chi connectivity index (χ4v) is 5.13. The van der Waals surface area contributed by atoms with Crippen LogP contribution >= 0.6 is 11.7 Å². The van der Waals surface area contributed by atoms with E-state index >= 15 is 0 Å². The zero-order chi connectivity index (χ0) is 17.4. The molecule has 130 valence electrons. The highest BCUT2D eigenvalue weighted by molar-refractivity contribution is 7.89. The maximum Gasteiger partial charge on any atom is 0.243 e. The Bertz CT molecular complexity index is 985. The molecule has 25 heavy (non-hydrogen) atoms. The lowest BCUT2D eigenvalue weighted by Gasteiger charge is -2.37. The molecule has 1 fully saturated rings. The third kappa shape index (κ3) is 3.15. The summed E-state index contributed by atoms with van der Waals surface area (Å²) in [6.07, 6.45) is 2.35. The molecule has 1 saturated carbocycles. The van der Waals surface area contributed by atoms with Crippen LogP contribution in [-0.2, 0) is 10.0 Å². The van der Waals surface area contributed by atoms with Gasteiger partial charge in [0.25, 0.3) is 0 Å². The molecule has 3 aromatic rings. The highest BCUT2D eigenvalue weighted by Crippen LogP contribution is 2.38. The number of pyridine rings is 1. The third-order valence-electron chi connectivity index (χ3n) is 4.45. The van der Waals surface area contributed by atoms with Crippen molar-refractivity contribution in [2.75, 3.05) is 0 Å². The molecule has 2 aromatic heterocycles. The maximum atomic E-state index is 13.0. The van der Waals surface area contributed by atoms with Crippen molar-refractivity contribution in [1.82, 2.24) is 18.5 Å². The fourth-order valence-electron chi connectivity index (χ4n) is 3.09. The smallest absolute Gasteiger partial charge is 0.243 e. The molecule has 0 amide bonds. The Balaban J connectivity index is 1.70. The summed E-state index contributed by atoms with van der Waals surface area (Å²) in [5, 5.41) is 9.63. The van der Waals surface area contributed by atoms with Gasteiger partial charge in [-0.2, -0.15) is 8.75 Å². The molecule has 0 saturated heterocycles. The van der Waals surface area contributed by atoms with Crippen LogP contribution in [0.15, 0.2) is 47.5 Å². The van der Waals surface area contributed by atoms with Gasteiger partial charge in [-0.1, -0.05) is 12.1 Å². The molecule has 9 heteroatoms. The van der Waals surface area contributed by atoms with E-state index in [1.54, 1.807) is 30.5 Å². The molecule has 4 rings (SSSR count). The van der Waals surface area contributed by atoms with E-state index in [1.165, 1.54) is 6.07 Å². The van der Waals surface area contributed by atoms with Crippen LogP contribution < -0.4 is 4.72 Å². The van der Waals surface area contributed by atoms with Gasteiger partial charge in [0.05, 0.1) is 29.6 Å². The number of hydrogen-bond donors (Lipinski definition) is 2. The molecule has 0 spiro atoms. The summed E-state index contributed by atoms with van der Waals surface area (Å²) in [4.78, 5) is 4.41. The van der Waals surface area contributed by atoms with E-state index in [0.717, 1.165) is 11.7 Å². The van der Waals surface area contributed by atoms with Gasteiger partial charge in [-0.25, -0.2) is 13.1 Å². The number of fused-ring (bicyclic) bond motifs is 1. The SMILES string of the molecule is O=S(=O)(N[C@H](c1ccccn1)C1CC(O)C1)c1cccc2nsnc12. The molecular weight excluding hydrogens is 360 g/mol. The first-order chi connectivity index (χ1) is 12.0. The Morgan fingerprint density at radius 3 is 2.72 bits per heavy atom. The van der Waals surface area contributed by atoms with E-state index in [0.29, 0.717) is 29.6 Å². The highest BCUT2D eigenvalue weighted by atomic mass is 32.2. The molecular formula is C16H16N4O3S2. The Labute approximate surface area is 149 Å². The molecule has 2 heterocycles. The van der Waals surface area contributed by atoms with E-state index in [-0.39, 0.29) is 16.9 Å². The molecule has 0 unspecified atom stereocenters. The van der Waals surface area contributed by atoms with Gasteiger partial charge < -0.3 is 5.11 Å². The number of aromatic nitrogens is 3. The normalized spacial score (nSPS) is 21.8. The lowest BCUT2D eigenvalue weighted by Crippen LogP contribution is -2.41. The molecule has 0 bridgehead atoms. The van der Waals surface area contributed by atoms with Crippen molar-refractivity contribution in [3.05, 3.63) is 48.3 Å². The highest BCUT2D eigenvalue weighted by Gasteiger charge is 2.38. The van der Waals surface area contributed by atoms with Crippen LogP contribution in [0, 0.1) is 5.92 Å². The number of sulfonamides is 1. The first kappa shape index (κ1) is 16.5. The summed E-state index contributed by atoms with van der Waals surface area (Å²) in [5.74, 6) is 0.00689. The molecule has 2 N–H and O–H groups in total. The van der Waals surface area contributed by atoms with Crippen LogP contribution in [0.25, 0.3) is 11.0 Å². The zero-order valence-electron chi connectivity index (χ0n) is 13.1. The van der Waals surface area contributed by atoms with Crippen molar-refractivity contribution in [2.45, 2.75) is 29.9 Å². The van der Waals surface area contributed by atoms with Gasteiger partial charge in [0, 0.05) is 6.20 Å². The van der Waals surface area contributed by atoms with E-state index in [1.807, 2.05) is 6.07 Å². The second-order valence-corrected chi connectivity index (χ2v) is 8.34. The molecule has 1 aliphatic rings. The number of aliphatic hydroxyl groups is 1. The monoisotopic (exact) mass is 376 g/mol. The molecule has 1 atom stereocenters. The lowest BCUT2D eigenvalue weighted by molar-refractivity contribution is 0.0273. The zero-order valence-corrected chi connectivity index (χ0v) is 14.7. The standard InChI is InChI=1S/C16H16N4O3S2/c21-11-8-10(9-11)15(12-4-1-2-7-17-12)20-25(22,23)14-6-3-5-13-16(14)19-24-18-13/h1-7,10-11,15,20-21H,8-9H2/t10?,11?,15-/m0/s1. The van der Waals surface area contributed by atoms with Crippen molar-refractivity contribution in [3.63, 3.8) is 0 Å². The van der Waals surface area contributed by atoms with Crippen molar-refractivity contribution in [1.29, 1.82) is 0 Å². The van der Waals surface area contributed by atoms with E-state index in [4.69, 9.17) is 0 Å². The van der Waals surface area contributed by atoms with Gasteiger partial charge in [-0.05, 0) is 43.0 Å². The minimum atomic E-state index is -3.81.